The molecule has 1 rings (SSSR count). The second kappa shape index (κ2) is 6.54. The molecule has 0 saturated carbocycles. The van der Waals surface area contributed by atoms with Crippen molar-refractivity contribution in [1.82, 2.24) is 0 Å². The lowest BCUT2D eigenvalue weighted by molar-refractivity contribution is -0.139. The summed E-state index contributed by atoms with van der Waals surface area (Å²) in [6.45, 7) is -3.04. The van der Waals surface area contributed by atoms with Crippen LogP contribution in [-0.4, -0.2) is 26.8 Å². The van der Waals surface area contributed by atoms with Crippen LogP contribution in [0.25, 0.3) is 0 Å². The lowest BCUT2D eigenvalue weighted by Gasteiger charge is -2.13. The largest absolute Gasteiger partial charge is 0.492 e. The molecule has 102 valence electrons. The molecular formula is C12H11F2NO4. The lowest BCUT2D eigenvalue weighted by Crippen LogP contribution is -2.09. The number of halogens is 2. The van der Waals surface area contributed by atoms with Crippen molar-refractivity contribution in [2.75, 3.05) is 14.2 Å². The van der Waals surface area contributed by atoms with Crippen molar-refractivity contribution in [2.24, 2.45) is 0 Å². The molecule has 0 heterocycles. The van der Waals surface area contributed by atoms with Crippen LogP contribution in [0.3, 0.4) is 0 Å². The van der Waals surface area contributed by atoms with Gasteiger partial charge in [0.25, 0.3) is 0 Å². The highest BCUT2D eigenvalue weighted by Gasteiger charge is 2.19. The Morgan fingerprint density at radius 2 is 2.11 bits per heavy atom. The van der Waals surface area contributed by atoms with E-state index in [0.29, 0.717) is 5.56 Å². The van der Waals surface area contributed by atoms with E-state index in [2.05, 4.69) is 9.47 Å². The first-order valence-corrected chi connectivity index (χ1v) is 5.15. The van der Waals surface area contributed by atoms with E-state index in [-0.39, 0.29) is 23.5 Å². The Morgan fingerprint density at radius 1 is 1.42 bits per heavy atom. The Bertz CT molecular complexity index is 511. The maximum absolute atomic E-state index is 12.2. The van der Waals surface area contributed by atoms with Crippen molar-refractivity contribution in [3.8, 4) is 17.6 Å². The molecule has 19 heavy (non-hydrogen) atoms. The summed E-state index contributed by atoms with van der Waals surface area (Å²) in [6.07, 6.45) is -0.162. The predicted molar refractivity (Wildman–Crippen MR) is 60.1 cm³/mol. The monoisotopic (exact) mass is 271 g/mol. The summed E-state index contributed by atoms with van der Waals surface area (Å²) in [5, 5.41) is 9.05. The molecule has 0 spiro atoms. The van der Waals surface area contributed by atoms with Gasteiger partial charge in [0, 0.05) is 0 Å². The SMILES string of the molecule is COC(=O)Cc1ccc(OC(F)F)c(OC)c1C#N. The molecule has 0 saturated heterocycles. The second-order valence-corrected chi connectivity index (χ2v) is 3.37. The summed E-state index contributed by atoms with van der Waals surface area (Å²) in [4.78, 5) is 11.2. The van der Waals surface area contributed by atoms with Crippen LogP contribution < -0.4 is 9.47 Å². The van der Waals surface area contributed by atoms with Crippen molar-refractivity contribution < 1.29 is 27.8 Å². The number of alkyl halides is 2. The number of carbonyl (C=O) groups excluding carboxylic acids is 1. The van der Waals surface area contributed by atoms with Crippen LogP contribution in [-0.2, 0) is 16.0 Å². The summed E-state index contributed by atoms with van der Waals surface area (Å²) in [7, 11) is 2.43. The average Bonchev–Trinajstić information content (AvgIpc) is 2.38. The molecule has 0 aliphatic rings. The Kier molecular flexibility index (Phi) is 5.06. The van der Waals surface area contributed by atoms with Crippen LogP contribution in [0.1, 0.15) is 11.1 Å². The van der Waals surface area contributed by atoms with E-state index in [1.807, 2.05) is 0 Å². The number of hydrogen-bond acceptors (Lipinski definition) is 5. The van der Waals surface area contributed by atoms with Crippen LogP contribution in [0.5, 0.6) is 11.5 Å². The second-order valence-electron chi connectivity index (χ2n) is 3.37. The summed E-state index contributed by atoms with van der Waals surface area (Å²) in [5.41, 5.74) is 0.277. The minimum absolute atomic E-state index is 0.0361. The fourth-order valence-electron chi connectivity index (χ4n) is 1.49. The lowest BCUT2D eigenvalue weighted by atomic mass is 10.0. The van der Waals surface area contributed by atoms with E-state index in [9.17, 15) is 13.6 Å². The van der Waals surface area contributed by atoms with Crippen molar-refractivity contribution in [2.45, 2.75) is 13.0 Å². The van der Waals surface area contributed by atoms with Gasteiger partial charge in [-0.15, -0.1) is 0 Å². The molecule has 0 unspecified atom stereocenters. The van der Waals surface area contributed by atoms with Gasteiger partial charge in [0.1, 0.15) is 11.6 Å². The van der Waals surface area contributed by atoms with Crippen LogP contribution in [0.4, 0.5) is 8.78 Å². The highest BCUT2D eigenvalue weighted by Crippen LogP contribution is 2.34. The van der Waals surface area contributed by atoms with Crippen LogP contribution in [0.2, 0.25) is 0 Å². The first kappa shape index (κ1) is 14.7. The summed E-state index contributed by atoms with van der Waals surface area (Å²) in [6, 6.07) is 4.36. The molecule has 5 nitrogen and oxygen atoms in total. The van der Waals surface area contributed by atoms with Crippen LogP contribution >= 0.6 is 0 Å². The number of ether oxygens (including phenoxy) is 3. The van der Waals surface area contributed by atoms with Gasteiger partial charge in [0.05, 0.1) is 20.6 Å². The number of rotatable bonds is 5. The zero-order valence-electron chi connectivity index (χ0n) is 10.3. The number of nitrogens with zero attached hydrogens (tertiary/aromatic N) is 1. The third kappa shape index (κ3) is 3.55. The minimum atomic E-state index is -3.04. The first-order valence-electron chi connectivity index (χ1n) is 5.15. The van der Waals surface area contributed by atoms with Gasteiger partial charge in [0.15, 0.2) is 11.5 Å². The number of nitriles is 1. The predicted octanol–water partition coefficient (Wildman–Crippen LogP) is 1.88. The molecule has 0 atom stereocenters. The fourth-order valence-corrected chi connectivity index (χ4v) is 1.49. The molecule has 1 aromatic carbocycles. The third-order valence-electron chi connectivity index (χ3n) is 2.30. The van der Waals surface area contributed by atoms with Gasteiger partial charge in [-0.1, -0.05) is 6.07 Å². The minimum Gasteiger partial charge on any atom is -0.492 e. The van der Waals surface area contributed by atoms with E-state index in [4.69, 9.17) is 10.00 Å². The van der Waals surface area contributed by atoms with Crippen LogP contribution in [0, 0.1) is 11.3 Å². The molecule has 0 fully saturated rings. The van der Waals surface area contributed by atoms with Gasteiger partial charge in [-0.3, -0.25) is 4.79 Å². The zero-order chi connectivity index (χ0) is 14.4. The fraction of sp³-hybridized carbons (Fsp3) is 0.333. The van der Waals surface area contributed by atoms with Gasteiger partial charge in [-0.25, -0.2) is 0 Å². The molecule has 0 aromatic heterocycles. The number of hydrogen-bond donors (Lipinski definition) is 0. The average molecular weight is 271 g/mol. The van der Waals surface area contributed by atoms with Gasteiger partial charge in [-0.05, 0) is 11.6 Å². The zero-order valence-corrected chi connectivity index (χ0v) is 10.3. The van der Waals surface area contributed by atoms with Crippen molar-refractivity contribution in [3.63, 3.8) is 0 Å². The molecule has 0 aliphatic heterocycles. The molecular weight excluding hydrogens is 260 g/mol. The van der Waals surface area contributed by atoms with E-state index in [0.717, 1.165) is 0 Å². The summed E-state index contributed by atoms with van der Waals surface area (Å²) < 4.78 is 38.0. The highest BCUT2D eigenvalue weighted by molar-refractivity contribution is 5.74. The van der Waals surface area contributed by atoms with Gasteiger partial charge >= 0.3 is 12.6 Å². The molecule has 0 aliphatic carbocycles. The smallest absolute Gasteiger partial charge is 0.387 e. The molecule has 7 heteroatoms. The van der Waals surface area contributed by atoms with E-state index in [1.165, 1.54) is 26.4 Å². The first-order chi connectivity index (χ1) is 9.03. The molecule has 0 bridgehead atoms. The van der Waals surface area contributed by atoms with Gasteiger partial charge < -0.3 is 14.2 Å². The number of esters is 1. The van der Waals surface area contributed by atoms with Gasteiger partial charge in [-0.2, -0.15) is 14.0 Å². The Balaban J connectivity index is 3.23. The maximum Gasteiger partial charge on any atom is 0.387 e. The Labute approximate surface area is 108 Å². The molecule has 0 N–H and O–H groups in total. The highest BCUT2D eigenvalue weighted by atomic mass is 19.3. The normalized spacial score (nSPS) is 9.89. The van der Waals surface area contributed by atoms with E-state index in [1.54, 1.807) is 6.07 Å². The Morgan fingerprint density at radius 3 is 2.58 bits per heavy atom. The van der Waals surface area contributed by atoms with Crippen molar-refractivity contribution in [3.05, 3.63) is 23.3 Å². The van der Waals surface area contributed by atoms with E-state index >= 15 is 0 Å². The summed E-state index contributed by atoms with van der Waals surface area (Å²) >= 11 is 0. The maximum atomic E-state index is 12.2. The number of carbonyl (C=O) groups is 1. The molecule has 1 aromatic rings. The van der Waals surface area contributed by atoms with E-state index < -0.39 is 12.6 Å². The van der Waals surface area contributed by atoms with Crippen molar-refractivity contribution in [1.29, 1.82) is 5.26 Å². The molecule has 0 radical (unpaired) electrons. The van der Waals surface area contributed by atoms with Gasteiger partial charge in [0.2, 0.25) is 0 Å². The third-order valence-corrected chi connectivity index (χ3v) is 2.30. The van der Waals surface area contributed by atoms with Crippen molar-refractivity contribution >= 4 is 5.97 Å². The standard InChI is InChI=1S/C12H11F2NO4/c1-17-10(16)5-7-3-4-9(19-12(13)14)11(18-2)8(7)6-15/h3-4,12H,5H2,1-2H3. The van der Waals surface area contributed by atoms with Crippen LogP contribution in [0.15, 0.2) is 12.1 Å². The Hall–Kier alpha value is -2.36. The summed E-state index contributed by atoms with van der Waals surface area (Å²) in [5.74, 6) is -0.951. The number of benzene rings is 1. The topological polar surface area (TPSA) is 68.6 Å². The quantitative estimate of drug-likeness (QED) is 0.765. The number of methoxy groups -OCH3 is 2. The molecule has 0 amide bonds.